The fourth-order valence-electron chi connectivity index (χ4n) is 3.00. The zero-order valence-electron chi connectivity index (χ0n) is 14.8. The van der Waals surface area contributed by atoms with E-state index in [4.69, 9.17) is 4.74 Å². The molecule has 1 fully saturated rings. The molecule has 1 saturated heterocycles. The minimum absolute atomic E-state index is 0.0101. The number of aromatic hydroxyl groups is 1. The van der Waals surface area contributed by atoms with Crippen molar-refractivity contribution in [2.45, 2.75) is 6.42 Å². The van der Waals surface area contributed by atoms with Gasteiger partial charge in [-0.05, 0) is 18.2 Å². The largest absolute Gasteiger partial charge is 0.504 e. The van der Waals surface area contributed by atoms with Crippen LogP contribution in [0, 0.1) is 10.1 Å². The van der Waals surface area contributed by atoms with Crippen LogP contribution in [0.3, 0.4) is 0 Å². The Morgan fingerprint density at radius 1 is 1.11 bits per heavy atom. The zero-order chi connectivity index (χ0) is 19.2. The highest BCUT2D eigenvalue weighted by Crippen LogP contribution is 2.25. The topological polar surface area (TPSA) is 96.2 Å². The van der Waals surface area contributed by atoms with Crippen molar-refractivity contribution in [1.29, 1.82) is 0 Å². The average molecular weight is 371 g/mol. The number of amides is 1. The van der Waals surface area contributed by atoms with Crippen molar-refractivity contribution in [2.24, 2.45) is 0 Å². The smallest absolute Gasteiger partial charge is 0.271 e. The Bertz CT molecular complexity index is 818. The molecule has 8 nitrogen and oxygen atoms in total. The molecule has 0 spiro atoms. The summed E-state index contributed by atoms with van der Waals surface area (Å²) in [4.78, 5) is 26.6. The Labute approximate surface area is 156 Å². The number of phenols is 1. The van der Waals surface area contributed by atoms with Gasteiger partial charge in [0.2, 0.25) is 5.91 Å². The van der Waals surface area contributed by atoms with Crippen LogP contribution in [-0.4, -0.2) is 53.6 Å². The highest BCUT2D eigenvalue weighted by atomic mass is 16.6. The molecule has 8 heteroatoms. The number of phenolic OH excluding ortho intramolecular Hbond substituents is 1. The summed E-state index contributed by atoms with van der Waals surface area (Å²) in [7, 11) is 0. The first-order valence-electron chi connectivity index (χ1n) is 8.72. The second-order valence-corrected chi connectivity index (χ2v) is 6.21. The van der Waals surface area contributed by atoms with Crippen LogP contribution < -0.4 is 9.64 Å². The first-order valence-corrected chi connectivity index (χ1v) is 8.72. The normalized spacial score (nSPS) is 14.1. The third-order valence-electron chi connectivity index (χ3n) is 4.48. The lowest BCUT2D eigenvalue weighted by Crippen LogP contribution is -2.49. The quantitative estimate of drug-likeness (QED) is 0.619. The van der Waals surface area contributed by atoms with Crippen LogP contribution in [0.5, 0.6) is 11.5 Å². The molecule has 0 unspecified atom stereocenters. The van der Waals surface area contributed by atoms with Gasteiger partial charge in [-0.1, -0.05) is 18.2 Å². The van der Waals surface area contributed by atoms with Gasteiger partial charge in [-0.3, -0.25) is 14.9 Å². The maximum absolute atomic E-state index is 12.3. The highest BCUT2D eigenvalue weighted by Gasteiger charge is 2.22. The number of piperazine rings is 1. The average Bonchev–Trinajstić information content (AvgIpc) is 2.69. The molecule has 27 heavy (non-hydrogen) atoms. The summed E-state index contributed by atoms with van der Waals surface area (Å²) < 4.78 is 5.45. The van der Waals surface area contributed by atoms with E-state index in [2.05, 4.69) is 0 Å². The number of hydrogen-bond acceptors (Lipinski definition) is 6. The summed E-state index contributed by atoms with van der Waals surface area (Å²) in [6.07, 6.45) is 0.227. The van der Waals surface area contributed by atoms with Gasteiger partial charge in [0.25, 0.3) is 5.69 Å². The van der Waals surface area contributed by atoms with E-state index in [1.165, 1.54) is 12.1 Å². The van der Waals surface area contributed by atoms with Crippen LogP contribution in [0.1, 0.15) is 6.42 Å². The second-order valence-electron chi connectivity index (χ2n) is 6.21. The van der Waals surface area contributed by atoms with Crippen LogP contribution in [0.15, 0.2) is 48.5 Å². The first-order chi connectivity index (χ1) is 13.0. The molecule has 1 aliphatic rings. The van der Waals surface area contributed by atoms with Crippen molar-refractivity contribution >= 4 is 17.3 Å². The van der Waals surface area contributed by atoms with Gasteiger partial charge >= 0.3 is 0 Å². The number of carbonyl (C=O) groups excluding carboxylic acids is 1. The highest BCUT2D eigenvalue weighted by molar-refractivity contribution is 5.76. The van der Waals surface area contributed by atoms with E-state index < -0.39 is 4.92 Å². The molecule has 2 aromatic rings. The fraction of sp³-hybridized carbons (Fsp3) is 0.316. The Morgan fingerprint density at radius 3 is 2.56 bits per heavy atom. The van der Waals surface area contributed by atoms with Crippen molar-refractivity contribution in [1.82, 2.24) is 4.90 Å². The van der Waals surface area contributed by atoms with Gasteiger partial charge in [-0.2, -0.15) is 0 Å². The molecule has 1 amide bonds. The predicted octanol–water partition coefficient (Wildman–Crippen LogP) is 2.42. The number of nitro benzene ring substituents is 1. The summed E-state index contributed by atoms with van der Waals surface area (Å²) >= 11 is 0. The number of benzene rings is 2. The predicted molar refractivity (Wildman–Crippen MR) is 100 cm³/mol. The number of nitrogens with zero attached hydrogens (tertiary/aromatic N) is 3. The van der Waals surface area contributed by atoms with E-state index >= 15 is 0 Å². The SMILES string of the molecule is O=C(CCOc1ccccc1O)N1CCN(c2cccc([N+](=O)[O-])c2)CC1. The number of ether oxygens (including phenoxy) is 1. The molecule has 142 valence electrons. The van der Waals surface area contributed by atoms with Gasteiger partial charge in [0, 0.05) is 44.0 Å². The van der Waals surface area contributed by atoms with Gasteiger partial charge < -0.3 is 19.6 Å². The standard InChI is InChI=1S/C19H21N3O5/c23-17-6-1-2-7-18(17)27-13-8-19(24)21-11-9-20(10-12-21)15-4-3-5-16(14-15)22(25)26/h1-7,14,23H,8-13H2. The number of nitro groups is 1. The van der Waals surface area contributed by atoms with Crippen LogP contribution in [0.25, 0.3) is 0 Å². The number of para-hydroxylation sites is 2. The van der Waals surface area contributed by atoms with E-state index in [0.29, 0.717) is 31.9 Å². The van der Waals surface area contributed by atoms with Crippen molar-refractivity contribution in [2.75, 3.05) is 37.7 Å². The lowest BCUT2D eigenvalue weighted by Gasteiger charge is -2.36. The van der Waals surface area contributed by atoms with Gasteiger partial charge in [-0.25, -0.2) is 0 Å². The summed E-state index contributed by atoms with van der Waals surface area (Å²) in [5.41, 5.74) is 0.853. The lowest BCUT2D eigenvalue weighted by atomic mass is 10.2. The van der Waals surface area contributed by atoms with Gasteiger partial charge in [0.05, 0.1) is 18.0 Å². The Kier molecular flexibility index (Phi) is 5.75. The number of anilines is 1. The van der Waals surface area contributed by atoms with Gasteiger partial charge in [0.15, 0.2) is 11.5 Å². The molecule has 0 radical (unpaired) electrons. The number of rotatable bonds is 6. The first kappa shape index (κ1) is 18.5. The van der Waals surface area contributed by atoms with E-state index in [9.17, 15) is 20.0 Å². The molecule has 0 bridgehead atoms. The molecule has 0 aliphatic carbocycles. The summed E-state index contributed by atoms with van der Waals surface area (Å²) in [5, 5.41) is 20.6. The van der Waals surface area contributed by atoms with E-state index in [-0.39, 0.29) is 30.4 Å². The summed E-state index contributed by atoms with van der Waals surface area (Å²) in [6, 6.07) is 13.2. The fourth-order valence-corrected chi connectivity index (χ4v) is 3.00. The van der Waals surface area contributed by atoms with E-state index in [1.807, 2.05) is 11.0 Å². The van der Waals surface area contributed by atoms with Crippen molar-refractivity contribution in [3.8, 4) is 11.5 Å². The molecule has 3 rings (SSSR count). The molecular formula is C19H21N3O5. The van der Waals surface area contributed by atoms with Crippen LogP contribution in [-0.2, 0) is 4.79 Å². The molecule has 2 aromatic carbocycles. The third kappa shape index (κ3) is 4.66. The molecule has 0 aromatic heterocycles. The zero-order valence-corrected chi connectivity index (χ0v) is 14.8. The monoisotopic (exact) mass is 371 g/mol. The van der Waals surface area contributed by atoms with Gasteiger partial charge in [-0.15, -0.1) is 0 Å². The van der Waals surface area contributed by atoms with Crippen LogP contribution in [0.2, 0.25) is 0 Å². The minimum atomic E-state index is -0.409. The molecular weight excluding hydrogens is 350 g/mol. The Morgan fingerprint density at radius 2 is 1.85 bits per heavy atom. The molecule has 1 heterocycles. The summed E-state index contributed by atoms with van der Waals surface area (Å²) in [5.74, 6) is 0.403. The van der Waals surface area contributed by atoms with Crippen molar-refractivity contribution < 1.29 is 19.6 Å². The molecule has 0 atom stereocenters. The Hall–Kier alpha value is -3.29. The van der Waals surface area contributed by atoms with Crippen molar-refractivity contribution in [3.63, 3.8) is 0 Å². The maximum Gasteiger partial charge on any atom is 0.271 e. The van der Waals surface area contributed by atoms with Crippen molar-refractivity contribution in [3.05, 3.63) is 58.6 Å². The summed E-state index contributed by atoms with van der Waals surface area (Å²) in [6.45, 7) is 2.54. The Balaban J connectivity index is 1.47. The van der Waals surface area contributed by atoms with E-state index in [0.717, 1.165) is 5.69 Å². The minimum Gasteiger partial charge on any atom is -0.504 e. The maximum atomic E-state index is 12.3. The number of carbonyl (C=O) groups is 1. The number of non-ortho nitro benzene ring substituents is 1. The second kappa shape index (κ2) is 8.39. The number of hydrogen-bond donors (Lipinski definition) is 1. The third-order valence-corrected chi connectivity index (χ3v) is 4.48. The molecule has 1 N–H and O–H groups in total. The van der Waals surface area contributed by atoms with Gasteiger partial charge in [0.1, 0.15) is 0 Å². The molecule has 0 saturated carbocycles. The molecule has 1 aliphatic heterocycles. The van der Waals surface area contributed by atoms with Crippen LogP contribution >= 0.6 is 0 Å². The lowest BCUT2D eigenvalue weighted by molar-refractivity contribution is -0.384. The van der Waals surface area contributed by atoms with E-state index in [1.54, 1.807) is 35.2 Å². The van der Waals surface area contributed by atoms with Crippen LogP contribution in [0.4, 0.5) is 11.4 Å².